The number of carbonyl (C=O) groups is 1. The number of hydrogen-bond acceptors (Lipinski definition) is 3. The molecule has 90 valence electrons. The van der Waals surface area contributed by atoms with Gasteiger partial charge in [-0.2, -0.15) is 18.3 Å². The molecule has 5 nitrogen and oxygen atoms in total. The van der Waals surface area contributed by atoms with E-state index >= 15 is 0 Å². The second-order valence-corrected chi connectivity index (χ2v) is 2.88. The molecule has 1 heterocycles. The topological polar surface area (TPSA) is 56.1 Å². The zero-order valence-corrected chi connectivity index (χ0v) is 8.41. The Balaban J connectivity index is 2.44. The fourth-order valence-electron chi connectivity index (χ4n) is 0.982. The standard InChI is InChI=1S/C8H10F3N3O2/c1-16-7(15)12-3-5-14-4-2-6(13-14)8(9,10)11/h2,4H,3,5H2,1H3,(H,12,15). The minimum atomic E-state index is -4.44. The molecule has 0 spiro atoms. The molecule has 0 aliphatic heterocycles. The number of rotatable bonds is 3. The van der Waals surface area contributed by atoms with Crippen LogP contribution in [0.15, 0.2) is 12.3 Å². The van der Waals surface area contributed by atoms with Crippen molar-refractivity contribution in [2.45, 2.75) is 12.7 Å². The summed E-state index contributed by atoms with van der Waals surface area (Å²) in [5.74, 6) is 0. The third kappa shape index (κ3) is 3.44. The predicted octanol–water partition coefficient (Wildman–Crippen LogP) is 1.26. The Morgan fingerprint density at radius 1 is 1.62 bits per heavy atom. The largest absolute Gasteiger partial charge is 0.453 e. The summed E-state index contributed by atoms with van der Waals surface area (Å²) in [6.45, 7) is 0.289. The lowest BCUT2D eigenvalue weighted by atomic mass is 10.4. The van der Waals surface area contributed by atoms with Gasteiger partial charge in [-0.15, -0.1) is 0 Å². The van der Waals surface area contributed by atoms with Crippen LogP contribution in [0.4, 0.5) is 18.0 Å². The van der Waals surface area contributed by atoms with Gasteiger partial charge in [-0.25, -0.2) is 4.79 Å². The molecule has 0 radical (unpaired) electrons. The Morgan fingerprint density at radius 2 is 2.31 bits per heavy atom. The van der Waals surface area contributed by atoms with E-state index in [1.165, 1.54) is 13.3 Å². The second kappa shape index (κ2) is 4.86. The molecule has 0 saturated carbocycles. The van der Waals surface area contributed by atoms with Gasteiger partial charge in [0, 0.05) is 12.7 Å². The minimum Gasteiger partial charge on any atom is -0.453 e. The lowest BCUT2D eigenvalue weighted by molar-refractivity contribution is -0.141. The number of nitrogens with one attached hydrogen (secondary N) is 1. The Morgan fingerprint density at radius 3 is 2.81 bits per heavy atom. The smallest absolute Gasteiger partial charge is 0.435 e. The van der Waals surface area contributed by atoms with Crippen LogP contribution in [0, 0.1) is 0 Å². The molecule has 0 saturated heterocycles. The van der Waals surface area contributed by atoms with E-state index in [1.54, 1.807) is 0 Å². The highest BCUT2D eigenvalue weighted by molar-refractivity contribution is 5.66. The molecule has 0 atom stereocenters. The number of hydrogen-bond donors (Lipinski definition) is 1. The van der Waals surface area contributed by atoms with Gasteiger partial charge in [-0.3, -0.25) is 4.68 Å². The van der Waals surface area contributed by atoms with Crippen LogP contribution < -0.4 is 5.32 Å². The number of carbonyl (C=O) groups excluding carboxylic acids is 1. The molecule has 16 heavy (non-hydrogen) atoms. The molecule has 0 bridgehead atoms. The van der Waals surface area contributed by atoms with Gasteiger partial charge < -0.3 is 10.1 Å². The average molecular weight is 237 g/mol. The van der Waals surface area contributed by atoms with Crippen molar-refractivity contribution in [3.05, 3.63) is 18.0 Å². The van der Waals surface area contributed by atoms with E-state index in [2.05, 4.69) is 15.2 Å². The van der Waals surface area contributed by atoms with E-state index in [0.717, 1.165) is 10.7 Å². The third-order valence-corrected chi connectivity index (χ3v) is 1.73. The van der Waals surface area contributed by atoms with Crippen LogP contribution in [0.3, 0.4) is 0 Å². The van der Waals surface area contributed by atoms with Gasteiger partial charge in [0.25, 0.3) is 0 Å². The fourth-order valence-corrected chi connectivity index (χ4v) is 0.982. The lowest BCUT2D eigenvalue weighted by Crippen LogP contribution is -2.27. The number of halogens is 3. The van der Waals surface area contributed by atoms with Crippen molar-refractivity contribution in [2.75, 3.05) is 13.7 Å². The van der Waals surface area contributed by atoms with Gasteiger partial charge >= 0.3 is 12.3 Å². The molecule has 0 aliphatic rings. The van der Waals surface area contributed by atoms with Gasteiger partial charge in [0.2, 0.25) is 0 Å². The molecule has 1 rings (SSSR count). The fraction of sp³-hybridized carbons (Fsp3) is 0.500. The van der Waals surface area contributed by atoms with Crippen LogP contribution in [0.1, 0.15) is 5.69 Å². The summed E-state index contributed by atoms with van der Waals surface area (Å²) in [5.41, 5.74) is -0.953. The SMILES string of the molecule is COC(=O)NCCn1ccc(C(F)(F)F)n1. The molecule has 0 aromatic carbocycles. The highest BCUT2D eigenvalue weighted by Gasteiger charge is 2.33. The summed E-state index contributed by atoms with van der Waals surface area (Å²) >= 11 is 0. The van der Waals surface area contributed by atoms with Crippen LogP contribution in [0.25, 0.3) is 0 Å². The Bertz CT molecular complexity index is 362. The van der Waals surface area contributed by atoms with Crippen LogP contribution in [0.5, 0.6) is 0 Å². The van der Waals surface area contributed by atoms with E-state index in [9.17, 15) is 18.0 Å². The molecule has 0 aliphatic carbocycles. The van der Waals surface area contributed by atoms with Crippen molar-refractivity contribution in [3.8, 4) is 0 Å². The number of aromatic nitrogens is 2. The number of alkyl carbamates (subject to hydrolysis) is 1. The van der Waals surface area contributed by atoms with Crippen molar-refractivity contribution < 1.29 is 22.7 Å². The number of alkyl halides is 3. The Labute approximate surface area is 89.2 Å². The number of ether oxygens (including phenoxy) is 1. The van der Waals surface area contributed by atoms with Crippen molar-refractivity contribution in [1.29, 1.82) is 0 Å². The summed E-state index contributed by atoms with van der Waals surface area (Å²) in [5, 5.41) is 5.63. The van der Waals surface area contributed by atoms with E-state index in [-0.39, 0.29) is 13.1 Å². The Kier molecular flexibility index (Phi) is 3.75. The van der Waals surface area contributed by atoms with Crippen LogP contribution >= 0.6 is 0 Å². The van der Waals surface area contributed by atoms with Crippen molar-refractivity contribution in [3.63, 3.8) is 0 Å². The molecule has 1 N–H and O–H groups in total. The van der Waals surface area contributed by atoms with Gasteiger partial charge in [-0.1, -0.05) is 0 Å². The van der Waals surface area contributed by atoms with Crippen molar-refractivity contribution >= 4 is 6.09 Å². The normalized spacial score (nSPS) is 11.2. The van der Waals surface area contributed by atoms with Crippen LogP contribution in [0.2, 0.25) is 0 Å². The second-order valence-electron chi connectivity index (χ2n) is 2.88. The molecule has 0 fully saturated rings. The van der Waals surface area contributed by atoms with E-state index in [0.29, 0.717) is 0 Å². The van der Waals surface area contributed by atoms with E-state index in [1.807, 2.05) is 0 Å². The summed E-state index contributed by atoms with van der Waals surface area (Å²) in [7, 11) is 1.20. The molecular weight excluding hydrogens is 227 g/mol. The monoisotopic (exact) mass is 237 g/mol. The van der Waals surface area contributed by atoms with Gasteiger partial charge in [0.1, 0.15) is 0 Å². The highest BCUT2D eigenvalue weighted by Crippen LogP contribution is 2.26. The zero-order chi connectivity index (χ0) is 12.2. The summed E-state index contributed by atoms with van der Waals surface area (Å²) in [6.07, 6.45) is -3.88. The maximum absolute atomic E-state index is 12.1. The average Bonchev–Trinajstić information content (AvgIpc) is 2.65. The van der Waals surface area contributed by atoms with Crippen LogP contribution in [-0.2, 0) is 17.5 Å². The highest BCUT2D eigenvalue weighted by atomic mass is 19.4. The maximum atomic E-state index is 12.1. The summed E-state index contributed by atoms with van der Waals surface area (Å²) in [6, 6.07) is 0.873. The predicted molar refractivity (Wildman–Crippen MR) is 47.6 cm³/mol. The van der Waals surface area contributed by atoms with Gasteiger partial charge in [0.05, 0.1) is 13.7 Å². The zero-order valence-electron chi connectivity index (χ0n) is 8.41. The quantitative estimate of drug-likeness (QED) is 0.860. The molecular formula is C8H10F3N3O2. The summed E-state index contributed by atoms with van der Waals surface area (Å²) < 4.78 is 41.8. The van der Waals surface area contributed by atoms with Crippen molar-refractivity contribution in [2.24, 2.45) is 0 Å². The molecule has 1 aromatic heterocycles. The molecule has 1 aromatic rings. The first-order chi connectivity index (χ1) is 7.43. The first-order valence-corrected chi connectivity index (χ1v) is 4.36. The molecule has 8 heteroatoms. The number of amides is 1. The number of nitrogens with zero attached hydrogens (tertiary/aromatic N) is 2. The number of methoxy groups -OCH3 is 1. The minimum absolute atomic E-state index is 0.144. The first-order valence-electron chi connectivity index (χ1n) is 4.36. The lowest BCUT2D eigenvalue weighted by Gasteiger charge is -2.04. The van der Waals surface area contributed by atoms with Gasteiger partial charge in [0.15, 0.2) is 5.69 Å². The van der Waals surface area contributed by atoms with E-state index < -0.39 is 18.0 Å². The third-order valence-electron chi connectivity index (χ3n) is 1.73. The maximum Gasteiger partial charge on any atom is 0.435 e. The van der Waals surface area contributed by atoms with Gasteiger partial charge in [-0.05, 0) is 6.07 Å². The first kappa shape index (κ1) is 12.3. The molecule has 1 amide bonds. The molecule has 0 unspecified atom stereocenters. The van der Waals surface area contributed by atoms with Crippen LogP contribution in [-0.4, -0.2) is 29.5 Å². The van der Waals surface area contributed by atoms with E-state index in [4.69, 9.17) is 0 Å². The Hall–Kier alpha value is -1.73. The summed E-state index contributed by atoms with van der Waals surface area (Å²) in [4.78, 5) is 10.6. The van der Waals surface area contributed by atoms with Crippen molar-refractivity contribution in [1.82, 2.24) is 15.1 Å².